The molecule has 1 aliphatic rings. The standard InChI is InChI=1S/C20H27Cl2N5O/c1-13(24-20(28)27(4)15-7-9-25(2)10-8-15)16-5-6-17(19(22)18(16)21)14-11-23-26(3)12-14/h5-6,11-13,15H,7-10H2,1-4H3,(H,24,28). The van der Waals surface area contributed by atoms with Crippen LogP contribution >= 0.6 is 23.2 Å². The zero-order valence-electron chi connectivity index (χ0n) is 16.7. The number of carbonyl (C=O) groups is 1. The number of hydrogen-bond donors (Lipinski definition) is 1. The summed E-state index contributed by atoms with van der Waals surface area (Å²) in [6, 6.07) is 3.75. The van der Waals surface area contributed by atoms with Crippen molar-refractivity contribution in [1.82, 2.24) is 24.9 Å². The molecule has 8 heteroatoms. The van der Waals surface area contributed by atoms with Crippen LogP contribution in [-0.4, -0.2) is 58.8 Å². The summed E-state index contributed by atoms with van der Waals surface area (Å²) in [5.74, 6) is 0. The van der Waals surface area contributed by atoms with Crippen LogP contribution in [-0.2, 0) is 7.05 Å². The second kappa shape index (κ2) is 8.72. The molecule has 2 amide bonds. The van der Waals surface area contributed by atoms with Crippen molar-refractivity contribution in [2.45, 2.75) is 31.8 Å². The Hall–Kier alpha value is -1.76. The summed E-state index contributed by atoms with van der Waals surface area (Å²) in [5.41, 5.74) is 2.52. The summed E-state index contributed by atoms with van der Waals surface area (Å²) in [6.07, 6.45) is 5.61. The molecule has 0 saturated carbocycles. The molecule has 28 heavy (non-hydrogen) atoms. The Kier molecular flexibility index (Phi) is 6.53. The molecule has 152 valence electrons. The summed E-state index contributed by atoms with van der Waals surface area (Å²) >= 11 is 13.1. The van der Waals surface area contributed by atoms with Gasteiger partial charge in [-0.2, -0.15) is 5.10 Å². The van der Waals surface area contributed by atoms with Crippen molar-refractivity contribution in [2.75, 3.05) is 27.2 Å². The summed E-state index contributed by atoms with van der Waals surface area (Å²) < 4.78 is 1.72. The van der Waals surface area contributed by atoms with Crippen LogP contribution in [0.25, 0.3) is 11.1 Å². The van der Waals surface area contributed by atoms with Crippen LogP contribution in [0.3, 0.4) is 0 Å². The number of amides is 2. The number of benzene rings is 1. The number of hydrogen-bond acceptors (Lipinski definition) is 3. The van der Waals surface area contributed by atoms with Gasteiger partial charge in [-0.25, -0.2) is 4.79 Å². The maximum Gasteiger partial charge on any atom is 0.317 e. The number of nitrogens with one attached hydrogen (secondary N) is 1. The van der Waals surface area contributed by atoms with E-state index < -0.39 is 0 Å². The molecule has 6 nitrogen and oxygen atoms in total. The first kappa shape index (κ1) is 21.0. The van der Waals surface area contributed by atoms with Crippen molar-refractivity contribution in [3.8, 4) is 11.1 Å². The molecule has 0 aliphatic carbocycles. The first-order valence-corrected chi connectivity index (χ1v) is 10.2. The van der Waals surface area contributed by atoms with Gasteiger partial charge in [-0.1, -0.05) is 35.3 Å². The average Bonchev–Trinajstić information content (AvgIpc) is 3.09. The molecular formula is C20H27Cl2N5O. The van der Waals surface area contributed by atoms with Gasteiger partial charge in [-0.15, -0.1) is 0 Å². The molecule has 1 unspecified atom stereocenters. The molecule has 3 rings (SSSR count). The van der Waals surface area contributed by atoms with Crippen molar-refractivity contribution < 1.29 is 4.79 Å². The molecular weight excluding hydrogens is 397 g/mol. The van der Waals surface area contributed by atoms with Gasteiger partial charge in [0.1, 0.15) is 0 Å². The lowest BCUT2D eigenvalue weighted by atomic mass is 10.0. The molecule has 1 aliphatic heterocycles. The van der Waals surface area contributed by atoms with Crippen LogP contribution in [0, 0.1) is 0 Å². The smallest absolute Gasteiger partial charge is 0.317 e. The number of aromatic nitrogens is 2. The van der Waals surface area contributed by atoms with E-state index in [-0.39, 0.29) is 18.1 Å². The molecule has 2 aromatic rings. The second-order valence-electron chi connectivity index (χ2n) is 7.55. The number of piperidine rings is 1. The topological polar surface area (TPSA) is 53.4 Å². The van der Waals surface area contributed by atoms with Crippen LogP contribution in [0.1, 0.15) is 31.4 Å². The van der Waals surface area contributed by atoms with Crippen molar-refractivity contribution >= 4 is 29.2 Å². The predicted molar refractivity (Wildman–Crippen MR) is 114 cm³/mol. The first-order valence-electron chi connectivity index (χ1n) is 9.46. The Morgan fingerprint density at radius 1 is 1.25 bits per heavy atom. The van der Waals surface area contributed by atoms with Crippen molar-refractivity contribution in [3.05, 3.63) is 40.1 Å². The van der Waals surface area contributed by atoms with E-state index in [1.165, 1.54) is 0 Å². The molecule has 1 fully saturated rings. The highest BCUT2D eigenvalue weighted by atomic mass is 35.5. The highest BCUT2D eigenvalue weighted by Gasteiger charge is 2.25. The van der Waals surface area contributed by atoms with E-state index in [9.17, 15) is 4.79 Å². The number of aryl methyl sites for hydroxylation is 1. The summed E-state index contributed by atoms with van der Waals surface area (Å²) in [5, 5.41) is 8.15. The van der Waals surface area contributed by atoms with Crippen LogP contribution in [0.4, 0.5) is 4.79 Å². The predicted octanol–water partition coefficient (Wildman–Crippen LogP) is 4.19. The van der Waals surface area contributed by atoms with Gasteiger partial charge in [-0.3, -0.25) is 4.68 Å². The second-order valence-corrected chi connectivity index (χ2v) is 8.31. The van der Waals surface area contributed by atoms with Crippen molar-refractivity contribution in [3.63, 3.8) is 0 Å². The lowest BCUT2D eigenvalue weighted by Crippen LogP contribution is -2.48. The van der Waals surface area contributed by atoms with Crippen molar-refractivity contribution in [2.24, 2.45) is 7.05 Å². The van der Waals surface area contributed by atoms with Gasteiger partial charge in [0, 0.05) is 37.5 Å². The fraction of sp³-hybridized carbons (Fsp3) is 0.500. The summed E-state index contributed by atoms with van der Waals surface area (Å²) in [7, 11) is 5.82. The zero-order valence-corrected chi connectivity index (χ0v) is 18.3. The minimum absolute atomic E-state index is 0.0921. The first-order chi connectivity index (χ1) is 13.3. The Bertz CT molecular complexity index is 845. The molecule has 1 saturated heterocycles. The lowest BCUT2D eigenvalue weighted by Gasteiger charge is -2.35. The number of carbonyl (C=O) groups excluding carboxylic acids is 1. The quantitative estimate of drug-likeness (QED) is 0.801. The van der Waals surface area contributed by atoms with Crippen LogP contribution in [0.5, 0.6) is 0 Å². The molecule has 1 atom stereocenters. The fourth-order valence-corrected chi connectivity index (χ4v) is 4.20. The Balaban J connectivity index is 1.71. The van der Waals surface area contributed by atoms with Gasteiger partial charge in [0.2, 0.25) is 0 Å². The molecule has 0 bridgehead atoms. The van der Waals surface area contributed by atoms with Crippen molar-refractivity contribution in [1.29, 1.82) is 0 Å². The molecule has 0 radical (unpaired) electrons. The van der Waals surface area contributed by atoms with E-state index in [1.54, 1.807) is 10.9 Å². The highest BCUT2D eigenvalue weighted by Crippen LogP contribution is 2.38. The maximum absolute atomic E-state index is 12.7. The van der Waals surface area contributed by atoms with Gasteiger partial charge in [0.15, 0.2) is 0 Å². The number of rotatable bonds is 4. The Morgan fingerprint density at radius 3 is 2.54 bits per heavy atom. The third-order valence-corrected chi connectivity index (χ3v) is 6.39. The monoisotopic (exact) mass is 423 g/mol. The van der Waals surface area contributed by atoms with Gasteiger partial charge in [0.05, 0.1) is 22.3 Å². The lowest BCUT2D eigenvalue weighted by molar-refractivity contribution is 0.146. The van der Waals surface area contributed by atoms with E-state index in [2.05, 4.69) is 22.4 Å². The van der Waals surface area contributed by atoms with Gasteiger partial charge in [-0.05, 0) is 45.5 Å². The molecule has 1 aromatic heterocycles. The number of likely N-dealkylation sites (tertiary alicyclic amines) is 1. The molecule has 2 heterocycles. The van der Waals surface area contributed by atoms with E-state index in [0.29, 0.717) is 10.0 Å². The largest absolute Gasteiger partial charge is 0.331 e. The maximum atomic E-state index is 12.7. The molecule has 1 N–H and O–H groups in total. The van der Waals surface area contributed by atoms with Crippen LogP contribution in [0.15, 0.2) is 24.5 Å². The van der Waals surface area contributed by atoms with E-state index in [0.717, 1.165) is 42.6 Å². The van der Waals surface area contributed by atoms with Gasteiger partial charge in [0.25, 0.3) is 0 Å². The minimum atomic E-state index is -0.255. The Morgan fingerprint density at radius 2 is 1.93 bits per heavy atom. The van der Waals surface area contributed by atoms with E-state index in [1.807, 2.05) is 44.2 Å². The van der Waals surface area contributed by atoms with Gasteiger partial charge >= 0.3 is 6.03 Å². The SMILES string of the molecule is CC(NC(=O)N(C)C1CCN(C)CC1)c1ccc(-c2cnn(C)c2)c(Cl)c1Cl. The van der Waals surface area contributed by atoms with E-state index in [4.69, 9.17) is 23.2 Å². The third kappa shape index (κ3) is 4.45. The number of halogens is 2. The minimum Gasteiger partial charge on any atom is -0.331 e. The fourth-order valence-electron chi connectivity index (χ4n) is 3.59. The molecule has 0 spiro atoms. The van der Waals surface area contributed by atoms with E-state index >= 15 is 0 Å². The molecule has 1 aromatic carbocycles. The zero-order chi connectivity index (χ0) is 20.4. The third-order valence-electron chi connectivity index (χ3n) is 5.49. The Labute approximate surface area is 176 Å². The van der Waals surface area contributed by atoms with Crippen LogP contribution < -0.4 is 5.32 Å². The normalized spacial score (nSPS) is 16.8. The highest BCUT2D eigenvalue weighted by molar-refractivity contribution is 6.44. The summed E-state index contributed by atoms with van der Waals surface area (Å²) in [4.78, 5) is 16.8. The number of urea groups is 1. The van der Waals surface area contributed by atoms with Gasteiger partial charge < -0.3 is 15.1 Å². The summed E-state index contributed by atoms with van der Waals surface area (Å²) in [6.45, 7) is 3.94. The average molecular weight is 424 g/mol. The number of nitrogens with zero attached hydrogens (tertiary/aromatic N) is 4. The van der Waals surface area contributed by atoms with Crippen LogP contribution in [0.2, 0.25) is 10.0 Å².